The van der Waals surface area contributed by atoms with Crippen molar-refractivity contribution < 1.29 is 4.43 Å². The lowest BCUT2D eigenvalue weighted by atomic mass is 10.0. The van der Waals surface area contributed by atoms with Gasteiger partial charge in [0.15, 0.2) is 8.32 Å². The van der Waals surface area contributed by atoms with E-state index in [-0.39, 0.29) is 0 Å². The first-order valence-corrected chi connectivity index (χ1v) is 9.83. The fourth-order valence-electron chi connectivity index (χ4n) is 2.03. The zero-order chi connectivity index (χ0) is 11.1. The predicted molar refractivity (Wildman–Crippen MR) is 69.7 cm³/mol. The molecule has 1 unspecified atom stereocenters. The molecular weight excluding hydrogens is 200 g/mol. The van der Waals surface area contributed by atoms with Crippen molar-refractivity contribution in [1.82, 2.24) is 0 Å². The van der Waals surface area contributed by atoms with Gasteiger partial charge >= 0.3 is 0 Å². The third kappa shape index (κ3) is 6.91. The number of allylic oxidation sites excluding steroid dienone is 1. The minimum atomic E-state index is -1.36. The number of rotatable bonds is 2. The van der Waals surface area contributed by atoms with E-state index in [9.17, 15) is 0 Å². The van der Waals surface area contributed by atoms with Crippen molar-refractivity contribution in [3.63, 3.8) is 0 Å². The smallest absolute Gasteiger partial charge is 0.184 e. The molecule has 0 N–H and O–H groups in total. The van der Waals surface area contributed by atoms with Crippen LogP contribution < -0.4 is 0 Å². The molecule has 88 valence electrons. The normalized spacial score (nSPS) is 27.3. The molecule has 1 nitrogen and oxygen atoms in total. The molecule has 1 aliphatic carbocycles. The van der Waals surface area contributed by atoms with Gasteiger partial charge in [-0.1, -0.05) is 37.8 Å². The summed E-state index contributed by atoms with van der Waals surface area (Å²) in [5.74, 6) is 0. The van der Waals surface area contributed by atoms with Gasteiger partial charge in [-0.3, -0.25) is 0 Å². The Balaban J connectivity index is 2.43. The molecule has 1 rings (SSSR count). The molecule has 0 saturated carbocycles. The molecule has 0 aromatic heterocycles. The highest BCUT2D eigenvalue weighted by atomic mass is 28.4. The molecule has 0 bridgehead atoms. The van der Waals surface area contributed by atoms with E-state index in [1.165, 1.54) is 44.9 Å². The van der Waals surface area contributed by atoms with Crippen LogP contribution in [0.25, 0.3) is 0 Å². The summed E-state index contributed by atoms with van der Waals surface area (Å²) in [4.78, 5) is 0. The molecule has 0 aromatic rings. The predicted octanol–water partition coefficient (Wildman–Crippen LogP) is 4.51. The summed E-state index contributed by atoms with van der Waals surface area (Å²) in [5.41, 5.74) is 0. The van der Waals surface area contributed by atoms with Gasteiger partial charge in [0, 0.05) is 0 Å². The fraction of sp³-hybridized carbons (Fsp3) is 0.846. The van der Waals surface area contributed by atoms with Crippen molar-refractivity contribution in [3.05, 3.63) is 12.2 Å². The molecule has 0 saturated heterocycles. The number of hydrogen-bond acceptors (Lipinski definition) is 1. The van der Waals surface area contributed by atoms with Crippen LogP contribution in [0.15, 0.2) is 12.2 Å². The highest BCUT2D eigenvalue weighted by Gasteiger charge is 2.19. The summed E-state index contributed by atoms with van der Waals surface area (Å²) < 4.78 is 6.16. The van der Waals surface area contributed by atoms with E-state index in [0.717, 1.165) is 0 Å². The summed E-state index contributed by atoms with van der Waals surface area (Å²) in [6.45, 7) is 6.83. The lowest BCUT2D eigenvalue weighted by Gasteiger charge is -2.24. The Morgan fingerprint density at radius 1 is 1.00 bits per heavy atom. The molecule has 0 spiro atoms. The average molecular weight is 226 g/mol. The summed E-state index contributed by atoms with van der Waals surface area (Å²) >= 11 is 0. The first kappa shape index (κ1) is 13.0. The zero-order valence-electron chi connectivity index (χ0n) is 10.6. The molecule has 0 aromatic carbocycles. The Morgan fingerprint density at radius 2 is 1.67 bits per heavy atom. The molecule has 0 aliphatic heterocycles. The van der Waals surface area contributed by atoms with E-state index >= 15 is 0 Å². The lowest BCUT2D eigenvalue weighted by molar-refractivity contribution is 0.225. The van der Waals surface area contributed by atoms with Crippen molar-refractivity contribution in [2.45, 2.75) is 70.7 Å². The van der Waals surface area contributed by atoms with Crippen molar-refractivity contribution >= 4 is 8.32 Å². The van der Waals surface area contributed by atoms with Gasteiger partial charge < -0.3 is 4.43 Å². The maximum absolute atomic E-state index is 6.16. The van der Waals surface area contributed by atoms with Crippen LogP contribution in [-0.4, -0.2) is 14.4 Å². The summed E-state index contributed by atoms with van der Waals surface area (Å²) in [6.07, 6.45) is 14.4. The van der Waals surface area contributed by atoms with Crippen LogP contribution in [0.1, 0.15) is 44.9 Å². The summed E-state index contributed by atoms with van der Waals surface area (Å²) in [6, 6.07) is 0. The maximum atomic E-state index is 6.16. The van der Waals surface area contributed by atoms with E-state index in [1.54, 1.807) is 0 Å². The van der Waals surface area contributed by atoms with E-state index in [4.69, 9.17) is 4.43 Å². The third-order valence-electron chi connectivity index (χ3n) is 2.72. The van der Waals surface area contributed by atoms with E-state index < -0.39 is 8.32 Å². The van der Waals surface area contributed by atoms with E-state index in [0.29, 0.717) is 6.10 Å². The summed E-state index contributed by atoms with van der Waals surface area (Å²) in [7, 11) is -1.36. The molecular formula is C13H26OSi. The second-order valence-corrected chi connectivity index (χ2v) is 10.0. The van der Waals surface area contributed by atoms with Crippen LogP contribution in [0.3, 0.4) is 0 Å². The maximum Gasteiger partial charge on any atom is 0.184 e. The second-order valence-electron chi connectivity index (χ2n) is 5.54. The monoisotopic (exact) mass is 226 g/mol. The molecule has 0 heterocycles. The Hall–Kier alpha value is -0.0831. The quantitative estimate of drug-likeness (QED) is 0.497. The summed E-state index contributed by atoms with van der Waals surface area (Å²) in [5, 5.41) is 0. The fourth-order valence-corrected chi connectivity index (χ4v) is 3.14. The van der Waals surface area contributed by atoms with Gasteiger partial charge in [0.2, 0.25) is 0 Å². The van der Waals surface area contributed by atoms with Crippen molar-refractivity contribution in [2.75, 3.05) is 0 Å². The Kier molecular flexibility index (Phi) is 5.62. The molecule has 15 heavy (non-hydrogen) atoms. The largest absolute Gasteiger partial charge is 0.411 e. The second kappa shape index (κ2) is 6.49. The van der Waals surface area contributed by atoms with Crippen LogP contribution in [0.4, 0.5) is 0 Å². The Morgan fingerprint density at radius 3 is 2.40 bits per heavy atom. The van der Waals surface area contributed by atoms with Gasteiger partial charge in [0.05, 0.1) is 6.10 Å². The van der Waals surface area contributed by atoms with Crippen LogP contribution >= 0.6 is 0 Å². The van der Waals surface area contributed by atoms with Crippen molar-refractivity contribution in [3.8, 4) is 0 Å². The van der Waals surface area contributed by atoms with Gasteiger partial charge in [-0.2, -0.15) is 0 Å². The Bertz CT molecular complexity index is 193. The van der Waals surface area contributed by atoms with Crippen LogP contribution in [0.2, 0.25) is 19.6 Å². The van der Waals surface area contributed by atoms with Crippen molar-refractivity contribution in [2.24, 2.45) is 0 Å². The van der Waals surface area contributed by atoms with Gasteiger partial charge in [0.25, 0.3) is 0 Å². The highest BCUT2D eigenvalue weighted by molar-refractivity contribution is 6.69. The Labute approximate surface area is 96.0 Å². The molecule has 1 atom stereocenters. The van der Waals surface area contributed by atoms with Gasteiger partial charge in [-0.15, -0.1) is 0 Å². The van der Waals surface area contributed by atoms with Crippen LogP contribution in [0.5, 0.6) is 0 Å². The zero-order valence-corrected chi connectivity index (χ0v) is 11.6. The van der Waals surface area contributed by atoms with E-state index in [2.05, 4.69) is 31.8 Å². The SMILES string of the molecule is C[Si](C)(C)OC1/C=C\CCCCCCC1. The average Bonchev–Trinajstić information content (AvgIpc) is 2.13. The first-order chi connectivity index (χ1) is 7.08. The first-order valence-electron chi connectivity index (χ1n) is 6.42. The van der Waals surface area contributed by atoms with Crippen LogP contribution in [0, 0.1) is 0 Å². The molecule has 1 aliphatic rings. The van der Waals surface area contributed by atoms with Crippen LogP contribution in [-0.2, 0) is 4.43 Å². The highest BCUT2D eigenvalue weighted by Crippen LogP contribution is 2.17. The van der Waals surface area contributed by atoms with E-state index in [1.807, 2.05) is 0 Å². The molecule has 0 amide bonds. The minimum Gasteiger partial charge on any atom is -0.411 e. The number of hydrogen-bond donors (Lipinski definition) is 0. The lowest BCUT2D eigenvalue weighted by Crippen LogP contribution is -2.31. The molecule has 0 fully saturated rings. The molecule has 0 radical (unpaired) electrons. The molecule has 2 heteroatoms. The van der Waals surface area contributed by atoms with Gasteiger partial charge in [0.1, 0.15) is 0 Å². The topological polar surface area (TPSA) is 9.23 Å². The standard InChI is InChI=1S/C13H26OSi/c1-15(2,3)14-13-11-9-7-5-4-6-8-10-12-13/h9,11,13H,4-8,10,12H2,1-3H3/b11-9-. The van der Waals surface area contributed by atoms with Crippen molar-refractivity contribution in [1.29, 1.82) is 0 Å². The third-order valence-corrected chi connectivity index (χ3v) is 3.72. The van der Waals surface area contributed by atoms with Gasteiger partial charge in [-0.25, -0.2) is 0 Å². The minimum absolute atomic E-state index is 0.398. The van der Waals surface area contributed by atoms with Gasteiger partial charge in [-0.05, 0) is 38.9 Å².